The van der Waals surface area contributed by atoms with Gasteiger partial charge in [0.2, 0.25) is 12.7 Å². The quantitative estimate of drug-likeness (QED) is 0.425. The van der Waals surface area contributed by atoms with Gasteiger partial charge in [-0.25, -0.2) is 9.78 Å². The van der Waals surface area contributed by atoms with Gasteiger partial charge >= 0.3 is 11.9 Å². The Bertz CT molecular complexity index is 1110. The zero-order valence-corrected chi connectivity index (χ0v) is 18.9. The molecule has 10 heteroatoms. The van der Waals surface area contributed by atoms with Crippen LogP contribution in [0.1, 0.15) is 44.7 Å². The molecule has 1 saturated heterocycles. The molecule has 4 rings (SSSR count). The normalized spacial score (nSPS) is 21.9. The molecule has 3 atom stereocenters. The van der Waals surface area contributed by atoms with Crippen molar-refractivity contribution in [1.29, 1.82) is 0 Å². The van der Waals surface area contributed by atoms with Gasteiger partial charge < -0.3 is 19.5 Å². The molecule has 1 N–H and O–H groups in total. The van der Waals surface area contributed by atoms with Gasteiger partial charge in [0.1, 0.15) is 16.9 Å². The van der Waals surface area contributed by atoms with E-state index in [-0.39, 0.29) is 17.6 Å². The first-order valence-electron chi connectivity index (χ1n) is 10.0. The van der Waals surface area contributed by atoms with E-state index in [1.54, 1.807) is 34.0 Å². The highest BCUT2D eigenvalue weighted by Crippen LogP contribution is 2.48. The van der Waals surface area contributed by atoms with E-state index in [0.29, 0.717) is 12.0 Å². The number of aliphatic hydroxyl groups excluding tert-OH is 1. The summed E-state index contributed by atoms with van der Waals surface area (Å²) in [4.78, 5) is 45.0. The lowest BCUT2D eigenvalue weighted by atomic mass is 9.83. The minimum Gasteiger partial charge on any atom is -0.427 e. The molecule has 0 aromatic carbocycles. The van der Waals surface area contributed by atoms with Crippen LogP contribution in [0.2, 0.25) is 0 Å². The first-order valence-corrected chi connectivity index (χ1v) is 10.8. The van der Waals surface area contributed by atoms with Crippen LogP contribution in [0.4, 0.5) is 0 Å². The summed E-state index contributed by atoms with van der Waals surface area (Å²) in [5.41, 5.74) is 0.975. The molecule has 0 aliphatic carbocycles. The molecular formula is C21H25N3O6S. The van der Waals surface area contributed by atoms with Crippen molar-refractivity contribution in [1.82, 2.24) is 14.3 Å². The molecule has 4 heterocycles. The summed E-state index contributed by atoms with van der Waals surface area (Å²) < 4.78 is 12.1. The standard InChI is InChI=1S/C21H25N3O6S/c1-10-18-23(8-22-10)7-14(31-18)12-6-13-15(11(2)25)17(26)24(13)16(12)19(27)29-9-30-20(28)21(3,4)5/h7-8,11,13,15,25H,6,9H2,1-5H3/t11-,13-,15-/m1/s1. The van der Waals surface area contributed by atoms with Crippen LogP contribution in [0, 0.1) is 18.3 Å². The molecule has 2 aromatic heterocycles. The summed E-state index contributed by atoms with van der Waals surface area (Å²) in [6, 6.07) is -0.303. The van der Waals surface area contributed by atoms with Crippen LogP contribution in [0.25, 0.3) is 10.4 Å². The van der Waals surface area contributed by atoms with Gasteiger partial charge in [-0.2, -0.15) is 0 Å². The minimum atomic E-state index is -0.816. The molecule has 2 aliphatic heterocycles. The number of hydrogen-bond donors (Lipinski definition) is 1. The van der Waals surface area contributed by atoms with Crippen LogP contribution in [0.5, 0.6) is 0 Å². The number of carbonyl (C=O) groups is 3. The Kier molecular flexibility index (Phi) is 5.17. The van der Waals surface area contributed by atoms with E-state index >= 15 is 0 Å². The lowest BCUT2D eigenvalue weighted by molar-refractivity contribution is -0.175. The zero-order chi connectivity index (χ0) is 22.7. The highest BCUT2D eigenvalue weighted by atomic mass is 32.1. The van der Waals surface area contributed by atoms with E-state index in [2.05, 4.69) is 4.98 Å². The van der Waals surface area contributed by atoms with E-state index in [1.807, 2.05) is 17.5 Å². The van der Waals surface area contributed by atoms with Gasteiger partial charge in [0.05, 0.1) is 34.0 Å². The highest BCUT2D eigenvalue weighted by molar-refractivity contribution is 7.18. The first kappa shape index (κ1) is 21.5. The van der Waals surface area contributed by atoms with E-state index in [1.165, 1.54) is 16.2 Å². The molecule has 0 spiro atoms. The molecule has 2 aromatic rings. The van der Waals surface area contributed by atoms with Crippen LogP contribution in [0.3, 0.4) is 0 Å². The number of hydrogen-bond acceptors (Lipinski definition) is 8. The zero-order valence-electron chi connectivity index (χ0n) is 18.0. The molecule has 0 bridgehead atoms. The second-order valence-corrected chi connectivity index (χ2v) is 9.97. The second-order valence-electron chi connectivity index (χ2n) is 8.94. The summed E-state index contributed by atoms with van der Waals surface area (Å²) in [5.74, 6) is -2.10. The maximum absolute atomic E-state index is 13.0. The average molecular weight is 448 g/mol. The fourth-order valence-electron chi connectivity index (χ4n) is 3.96. The lowest BCUT2D eigenvalue weighted by Crippen LogP contribution is -2.61. The van der Waals surface area contributed by atoms with E-state index in [0.717, 1.165) is 15.4 Å². The summed E-state index contributed by atoms with van der Waals surface area (Å²) in [6.45, 7) is 8.04. The maximum atomic E-state index is 13.0. The minimum absolute atomic E-state index is 0.147. The SMILES string of the molecule is Cc1ncn2cc(C3=C(C(=O)OCOC(=O)C(C)(C)C)N4C(=O)[C@H]([C@@H](C)O)[C@H]4C3)sc12. The van der Waals surface area contributed by atoms with E-state index in [9.17, 15) is 19.5 Å². The monoisotopic (exact) mass is 447 g/mol. The summed E-state index contributed by atoms with van der Waals surface area (Å²) >= 11 is 1.47. The number of esters is 2. The largest absolute Gasteiger partial charge is 0.427 e. The summed E-state index contributed by atoms with van der Waals surface area (Å²) in [7, 11) is 0. The molecule has 0 unspecified atom stereocenters. The third kappa shape index (κ3) is 3.53. The van der Waals surface area contributed by atoms with E-state index in [4.69, 9.17) is 9.47 Å². The number of ether oxygens (including phenoxy) is 2. The smallest absolute Gasteiger partial charge is 0.358 e. The topological polar surface area (TPSA) is 110 Å². The van der Waals surface area contributed by atoms with Crippen molar-refractivity contribution in [3.8, 4) is 0 Å². The third-order valence-electron chi connectivity index (χ3n) is 5.59. The fraction of sp³-hybridized carbons (Fsp3) is 0.524. The van der Waals surface area contributed by atoms with Crippen molar-refractivity contribution in [2.24, 2.45) is 11.3 Å². The van der Waals surface area contributed by atoms with Gasteiger partial charge in [-0.3, -0.25) is 14.0 Å². The van der Waals surface area contributed by atoms with Gasteiger partial charge in [-0.15, -0.1) is 11.3 Å². The third-order valence-corrected chi connectivity index (χ3v) is 6.87. The molecule has 1 fully saturated rings. The van der Waals surface area contributed by atoms with Gasteiger partial charge in [-0.05, 0) is 41.0 Å². The van der Waals surface area contributed by atoms with Gasteiger partial charge in [0.25, 0.3) is 0 Å². The van der Waals surface area contributed by atoms with Crippen molar-refractivity contribution in [2.75, 3.05) is 6.79 Å². The predicted octanol–water partition coefficient (Wildman–Crippen LogP) is 2.12. The molecule has 2 aliphatic rings. The van der Waals surface area contributed by atoms with Gasteiger partial charge in [0, 0.05) is 11.8 Å². The van der Waals surface area contributed by atoms with Crippen LogP contribution >= 0.6 is 11.3 Å². The number of aromatic nitrogens is 2. The van der Waals surface area contributed by atoms with Gasteiger partial charge in [-0.1, -0.05) is 0 Å². The Labute approximate surface area is 183 Å². The molecule has 166 valence electrons. The number of thiazole rings is 1. The fourth-order valence-corrected chi connectivity index (χ4v) is 5.04. The van der Waals surface area contributed by atoms with E-state index < -0.39 is 36.2 Å². The Morgan fingerprint density at radius 2 is 2.06 bits per heavy atom. The van der Waals surface area contributed by atoms with Crippen LogP contribution in [0.15, 0.2) is 18.2 Å². The highest BCUT2D eigenvalue weighted by Gasteiger charge is 2.57. The Balaban J connectivity index is 1.62. The van der Waals surface area contributed by atoms with Crippen molar-refractivity contribution in [3.05, 3.63) is 28.8 Å². The molecule has 31 heavy (non-hydrogen) atoms. The number of β-lactam (4-membered cyclic amide) rings is 1. The number of aryl methyl sites for hydroxylation is 1. The van der Waals surface area contributed by atoms with Crippen molar-refractivity contribution >= 4 is 39.6 Å². The number of rotatable bonds is 5. The Hall–Kier alpha value is -2.72. The number of imidazole rings is 1. The number of fused-ring (bicyclic) bond motifs is 2. The molecule has 0 radical (unpaired) electrons. The molecule has 0 saturated carbocycles. The second kappa shape index (κ2) is 7.45. The number of nitrogens with zero attached hydrogens (tertiary/aromatic N) is 3. The van der Waals surface area contributed by atoms with Crippen molar-refractivity contribution < 1.29 is 29.0 Å². The average Bonchev–Trinajstić information content (AvgIpc) is 3.32. The van der Waals surface area contributed by atoms with Crippen molar-refractivity contribution in [3.63, 3.8) is 0 Å². The lowest BCUT2D eigenvalue weighted by Gasteiger charge is -2.44. The van der Waals surface area contributed by atoms with Gasteiger partial charge in [0.15, 0.2) is 0 Å². The first-order chi connectivity index (χ1) is 14.5. The maximum Gasteiger partial charge on any atom is 0.358 e. The molecular weight excluding hydrogens is 422 g/mol. The molecule has 1 amide bonds. The van der Waals surface area contributed by atoms with Crippen LogP contribution in [-0.4, -0.2) is 56.2 Å². The Morgan fingerprint density at radius 1 is 1.35 bits per heavy atom. The number of amides is 1. The number of aliphatic hydroxyl groups is 1. The number of carbonyl (C=O) groups excluding carboxylic acids is 3. The van der Waals surface area contributed by atoms with Crippen LogP contribution < -0.4 is 0 Å². The molecule has 9 nitrogen and oxygen atoms in total. The van der Waals surface area contributed by atoms with Crippen LogP contribution in [-0.2, 0) is 23.9 Å². The summed E-state index contributed by atoms with van der Waals surface area (Å²) in [6.07, 6.45) is 3.19. The van der Waals surface area contributed by atoms with Crippen molar-refractivity contribution in [2.45, 2.75) is 53.2 Å². The predicted molar refractivity (Wildman–Crippen MR) is 112 cm³/mol. The summed E-state index contributed by atoms with van der Waals surface area (Å²) in [5, 5.41) is 10.0. The Morgan fingerprint density at radius 3 is 2.68 bits per heavy atom.